The molecule has 2 heterocycles. The number of ketones is 2. The third-order valence-corrected chi connectivity index (χ3v) is 7.34. The topological polar surface area (TPSA) is 89.0 Å². The number of amides is 1. The molecule has 0 fully saturated rings. The second-order valence-corrected chi connectivity index (χ2v) is 10.6. The maximum absolute atomic E-state index is 13.5. The van der Waals surface area contributed by atoms with Crippen LogP contribution in [0.25, 0.3) is 10.2 Å². The van der Waals surface area contributed by atoms with Gasteiger partial charge < -0.3 is 5.32 Å². The molecule has 3 aromatic rings. The Labute approximate surface area is 217 Å². The van der Waals surface area contributed by atoms with Gasteiger partial charge in [0.1, 0.15) is 5.78 Å². The van der Waals surface area contributed by atoms with Gasteiger partial charge in [-0.1, -0.05) is 39.5 Å². The average Bonchev–Trinajstić information content (AvgIpc) is 3.28. The highest BCUT2D eigenvalue weighted by atomic mass is 32.1. The molecule has 2 atom stereocenters. The van der Waals surface area contributed by atoms with E-state index in [0.29, 0.717) is 38.0 Å². The Morgan fingerprint density at radius 1 is 1.17 bits per heavy atom. The monoisotopic (exact) mass is 505 g/mol. The highest BCUT2D eigenvalue weighted by Gasteiger charge is 2.26. The molecule has 0 aliphatic heterocycles. The van der Waals surface area contributed by atoms with E-state index in [1.54, 1.807) is 23.7 Å². The molecule has 190 valence electrons. The number of aromatic nitrogens is 2. The number of nitrogens with one attached hydrogen (secondary N) is 1. The van der Waals surface area contributed by atoms with Gasteiger partial charge in [0.05, 0.1) is 21.1 Å². The largest absolute Gasteiger partial charge is 0.353 e. The maximum atomic E-state index is 13.5. The number of hydrogen-bond acceptors (Lipinski definition) is 6. The van der Waals surface area contributed by atoms with E-state index in [4.69, 9.17) is 4.98 Å². The molecule has 2 aromatic heterocycles. The van der Waals surface area contributed by atoms with Crippen LogP contribution in [-0.4, -0.2) is 33.5 Å². The van der Waals surface area contributed by atoms with Gasteiger partial charge in [-0.05, 0) is 54.2 Å². The van der Waals surface area contributed by atoms with Crippen LogP contribution >= 0.6 is 11.3 Å². The minimum Gasteiger partial charge on any atom is -0.353 e. The Morgan fingerprint density at radius 2 is 1.97 bits per heavy atom. The van der Waals surface area contributed by atoms with Crippen LogP contribution in [0.15, 0.2) is 55.4 Å². The standard InChI is InChI=1S/C29H35N3O3S/c1-5-24(33)11-10-23(14-20-8-7-13-30-18-20)31-29(35)22(15-25(34)6-2)17-28-32-26-12-9-21(19(3)4)16-27(26)36-28/h5,7-9,12-13,16,18-19,22-23H,1,6,10-11,14-15,17H2,2-4H3,(H,31,35)/t22-,23+/m0/s1. The van der Waals surface area contributed by atoms with Gasteiger partial charge >= 0.3 is 0 Å². The van der Waals surface area contributed by atoms with Crippen molar-refractivity contribution in [1.82, 2.24) is 15.3 Å². The zero-order chi connectivity index (χ0) is 26.1. The summed E-state index contributed by atoms with van der Waals surface area (Å²) in [6, 6.07) is 9.82. The van der Waals surface area contributed by atoms with Crippen molar-refractivity contribution in [2.45, 2.75) is 71.3 Å². The number of Topliss-reactive ketones (excluding diaryl/α,β-unsaturated/α-hetero) is 1. The minimum absolute atomic E-state index is 0.0454. The average molecular weight is 506 g/mol. The molecule has 0 spiro atoms. The molecule has 36 heavy (non-hydrogen) atoms. The van der Waals surface area contributed by atoms with Gasteiger partial charge in [-0.15, -0.1) is 11.3 Å². The summed E-state index contributed by atoms with van der Waals surface area (Å²) >= 11 is 1.58. The van der Waals surface area contributed by atoms with E-state index in [0.717, 1.165) is 20.8 Å². The predicted octanol–water partition coefficient (Wildman–Crippen LogP) is 5.61. The summed E-state index contributed by atoms with van der Waals surface area (Å²) in [4.78, 5) is 46.6. The first-order valence-electron chi connectivity index (χ1n) is 12.5. The zero-order valence-electron chi connectivity index (χ0n) is 21.3. The van der Waals surface area contributed by atoms with Gasteiger partial charge in [0, 0.05) is 44.1 Å². The van der Waals surface area contributed by atoms with E-state index in [2.05, 4.69) is 42.9 Å². The SMILES string of the molecule is C=CC(=O)CC[C@H](Cc1cccnc1)NC(=O)[C@@H](CC(=O)CC)Cc1nc2ccc(C(C)C)cc2s1. The number of pyridine rings is 1. The van der Waals surface area contributed by atoms with Gasteiger partial charge in [-0.2, -0.15) is 0 Å². The molecule has 7 heteroatoms. The first-order valence-corrected chi connectivity index (χ1v) is 13.4. The van der Waals surface area contributed by atoms with Crippen LogP contribution in [-0.2, 0) is 27.2 Å². The number of rotatable bonds is 14. The van der Waals surface area contributed by atoms with Crippen LogP contribution in [0.4, 0.5) is 0 Å². The molecule has 0 radical (unpaired) electrons. The second-order valence-electron chi connectivity index (χ2n) is 9.47. The first kappa shape index (κ1) is 27.4. The summed E-state index contributed by atoms with van der Waals surface area (Å²) < 4.78 is 1.09. The van der Waals surface area contributed by atoms with Crippen molar-refractivity contribution in [3.05, 3.63) is 71.5 Å². The lowest BCUT2D eigenvalue weighted by atomic mass is 9.95. The van der Waals surface area contributed by atoms with Gasteiger partial charge in [0.25, 0.3) is 0 Å². The molecule has 1 N–H and O–H groups in total. The summed E-state index contributed by atoms with van der Waals surface area (Å²) in [6.07, 6.45) is 7.06. The van der Waals surface area contributed by atoms with Crippen molar-refractivity contribution < 1.29 is 14.4 Å². The number of benzene rings is 1. The lowest BCUT2D eigenvalue weighted by molar-refractivity contribution is -0.130. The summed E-state index contributed by atoms with van der Waals surface area (Å²) in [5.41, 5.74) is 3.14. The highest BCUT2D eigenvalue weighted by Crippen LogP contribution is 2.28. The molecule has 0 unspecified atom stereocenters. The summed E-state index contributed by atoms with van der Waals surface area (Å²) in [5.74, 6) is -0.296. The summed E-state index contributed by atoms with van der Waals surface area (Å²) in [6.45, 7) is 9.67. The number of fused-ring (bicyclic) bond motifs is 1. The second kappa shape index (κ2) is 13.2. The maximum Gasteiger partial charge on any atom is 0.224 e. The lowest BCUT2D eigenvalue weighted by Gasteiger charge is -2.22. The number of carbonyl (C=O) groups excluding carboxylic acids is 3. The molecule has 0 saturated carbocycles. The molecule has 0 bridgehead atoms. The van der Waals surface area contributed by atoms with Crippen LogP contribution in [0.1, 0.15) is 68.5 Å². The van der Waals surface area contributed by atoms with E-state index in [1.165, 1.54) is 11.6 Å². The summed E-state index contributed by atoms with van der Waals surface area (Å²) in [5, 5.41) is 3.97. The molecule has 1 aromatic carbocycles. The summed E-state index contributed by atoms with van der Waals surface area (Å²) in [7, 11) is 0. The normalized spacial score (nSPS) is 12.9. The van der Waals surface area contributed by atoms with Crippen molar-refractivity contribution in [3.63, 3.8) is 0 Å². The van der Waals surface area contributed by atoms with Crippen molar-refractivity contribution in [1.29, 1.82) is 0 Å². The van der Waals surface area contributed by atoms with Crippen molar-refractivity contribution in [2.24, 2.45) is 5.92 Å². The van der Waals surface area contributed by atoms with Crippen molar-refractivity contribution in [2.75, 3.05) is 0 Å². The van der Waals surface area contributed by atoms with Gasteiger partial charge in [0.2, 0.25) is 5.91 Å². The van der Waals surface area contributed by atoms with Crippen LogP contribution in [0.3, 0.4) is 0 Å². The van der Waals surface area contributed by atoms with Crippen LogP contribution in [0, 0.1) is 5.92 Å². The van der Waals surface area contributed by atoms with E-state index in [-0.39, 0.29) is 29.9 Å². The number of nitrogens with zero attached hydrogens (tertiary/aromatic N) is 2. The van der Waals surface area contributed by atoms with E-state index in [1.807, 2.05) is 25.1 Å². The number of thiazole rings is 1. The van der Waals surface area contributed by atoms with E-state index < -0.39 is 5.92 Å². The third kappa shape index (κ3) is 7.92. The molecule has 0 aliphatic carbocycles. The Morgan fingerprint density at radius 3 is 2.64 bits per heavy atom. The van der Waals surface area contributed by atoms with Gasteiger partial charge in [-0.25, -0.2) is 4.98 Å². The molecule has 0 aliphatic rings. The Hall–Kier alpha value is -3.19. The van der Waals surface area contributed by atoms with Crippen LogP contribution < -0.4 is 5.32 Å². The Balaban J connectivity index is 1.79. The quantitative estimate of drug-likeness (QED) is 0.288. The predicted molar refractivity (Wildman–Crippen MR) is 145 cm³/mol. The fourth-order valence-electron chi connectivity index (χ4n) is 4.09. The molecular weight excluding hydrogens is 470 g/mol. The fraction of sp³-hybridized carbons (Fsp3) is 0.414. The molecular formula is C29H35N3O3S. The van der Waals surface area contributed by atoms with E-state index in [9.17, 15) is 14.4 Å². The highest BCUT2D eigenvalue weighted by molar-refractivity contribution is 7.18. The number of hydrogen-bond donors (Lipinski definition) is 1. The fourth-order valence-corrected chi connectivity index (χ4v) is 5.18. The van der Waals surface area contributed by atoms with Gasteiger partial charge in [0.15, 0.2) is 5.78 Å². The van der Waals surface area contributed by atoms with Crippen LogP contribution in [0.2, 0.25) is 0 Å². The Kier molecular flexibility index (Phi) is 10.1. The zero-order valence-corrected chi connectivity index (χ0v) is 22.1. The van der Waals surface area contributed by atoms with E-state index >= 15 is 0 Å². The van der Waals surface area contributed by atoms with Crippen LogP contribution in [0.5, 0.6) is 0 Å². The van der Waals surface area contributed by atoms with Gasteiger partial charge in [-0.3, -0.25) is 19.4 Å². The van der Waals surface area contributed by atoms with Crippen molar-refractivity contribution >= 4 is 39.0 Å². The molecule has 0 saturated heterocycles. The first-order chi connectivity index (χ1) is 17.3. The smallest absolute Gasteiger partial charge is 0.224 e. The number of carbonyl (C=O) groups is 3. The Bertz CT molecular complexity index is 1200. The molecule has 6 nitrogen and oxygen atoms in total. The third-order valence-electron chi connectivity index (χ3n) is 6.30. The van der Waals surface area contributed by atoms with Crippen molar-refractivity contribution in [3.8, 4) is 0 Å². The lowest BCUT2D eigenvalue weighted by Crippen LogP contribution is -2.41. The molecule has 3 rings (SSSR count). The molecule has 1 amide bonds. The minimum atomic E-state index is -0.519. The number of allylic oxidation sites excluding steroid dienone is 1.